The average Bonchev–Trinajstić information content (AvgIpc) is 3.77. The van der Waals surface area contributed by atoms with Crippen LogP contribution in [0.4, 0.5) is 24.7 Å². The molecule has 3 N–H and O–H groups in total. The first-order valence-corrected chi connectivity index (χ1v) is 11.9. The van der Waals surface area contributed by atoms with Crippen molar-refractivity contribution in [3.63, 3.8) is 0 Å². The molecular formula is C27H24F3N5O. The molecule has 6 rings (SSSR count). The molecule has 2 aromatic heterocycles. The van der Waals surface area contributed by atoms with Crippen molar-refractivity contribution in [2.24, 2.45) is 7.05 Å². The van der Waals surface area contributed by atoms with E-state index in [1.54, 1.807) is 22.9 Å². The van der Waals surface area contributed by atoms with Crippen molar-refractivity contribution in [2.45, 2.75) is 43.2 Å². The maximum absolute atomic E-state index is 13.2. The molecule has 0 bridgehead atoms. The third kappa shape index (κ3) is 3.79. The van der Waals surface area contributed by atoms with Crippen LogP contribution in [-0.2, 0) is 23.4 Å². The molecule has 0 saturated heterocycles. The fourth-order valence-electron chi connectivity index (χ4n) is 4.86. The van der Waals surface area contributed by atoms with Crippen molar-refractivity contribution >= 4 is 28.4 Å². The zero-order valence-electron chi connectivity index (χ0n) is 19.6. The lowest BCUT2D eigenvalue weighted by molar-refractivity contribution is -0.137. The number of anilines is 2. The van der Waals surface area contributed by atoms with Gasteiger partial charge in [-0.1, -0.05) is 30.3 Å². The third-order valence-electron chi connectivity index (χ3n) is 7.22. The molecule has 0 unspecified atom stereocenters. The predicted octanol–water partition coefficient (Wildman–Crippen LogP) is 5.78. The number of fused-ring (bicyclic) bond motifs is 1. The Bertz CT molecular complexity index is 1500. The van der Waals surface area contributed by atoms with Crippen molar-refractivity contribution < 1.29 is 18.0 Å². The number of carbonyl (C=O) groups excluding carboxylic acids is 1. The van der Waals surface area contributed by atoms with Crippen LogP contribution in [0.3, 0.4) is 0 Å². The first-order chi connectivity index (χ1) is 17.2. The van der Waals surface area contributed by atoms with E-state index in [1.165, 1.54) is 6.07 Å². The third-order valence-corrected chi connectivity index (χ3v) is 7.22. The maximum Gasteiger partial charge on any atom is 0.416 e. The molecule has 9 heteroatoms. The van der Waals surface area contributed by atoms with Crippen molar-refractivity contribution in [2.75, 3.05) is 11.1 Å². The van der Waals surface area contributed by atoms with Gasteiger partial charge in [0.05, 0.1) is 16.4 Å². The molecule has 0 radical (unpaired) electrons. The molecule has 0 atom stereocenters. The zero-order chi connectivity index (χ0) is 25.2. The van der Waals surface area contributed by atoms with Gasteiger partial charge >= 0.3 is 6.18 Å². The van der Waals surface area contributed by atoms with Gasteiger partial charge in [0.1, 0.15) is 0 Å². The number of aromatic nitrogens is 3. The Morgan fingerprint density at radius 2 is 1.83 bits per heavy atom. The molecule has 2 saturated carbocycles. The summed E-state index contributed by atoms with van der Waals surface area (Å²) in [6.45, 7) is 0. The first kappa shape index (κ1) is 22.6. The van der Waals surface area contributed by atoms with Crippen LogP contribution in [0.15, 0.2) is 54.6 Å². The summed E-state index contributed by atoms with van der Waals surface area (Å²) >= 11 is 0. The van der Waals surface area contributed by atoms with Gasteiger partial charge in [0, 0.05) is 24.3 Å². The molecule has 2 fully saturated rings. The Morgan fingerprint density at radius 3 is 2.47 bits per heavy atom. The summed E-state index contributed by atoms with van der Waals surface area (Å²) in [4.78, 5) is 17.9. The standard InChI is InChI=1S/C27H24F3N5O/c1-35-24-22(23(31)34-35)20(14-21(33-24)16-5-6-16)15-7-9-19(10-8-15)32-25(36)26(11-12-26)17-3-2-4-18(13-17)27(28,29)30/h2-4,7-10,13-14,16H,5-6,11-12H2,1H3,(H2,31,34)(H,32,36). The second-order valence-corrected chi connectivity index (χ2v) is 9.77. The minimum atomic E-state index is -4.45. The Labute approximate surface area is 205 Å². The van der Waals surface area contributed by atoms with Crippen LogP contribution in [-0.4, -0.2) is 20.7 Å². The zero-order valence-corrected chi connectivity index (χ0v) is 19.6. The fourth-order valence-corrected chi connectivity index (χ4v) is 4.86. The molecule has 184 valence electrons. The molecule has 2 heterocycles. The number of alkyl halides is 3. The molecular weight excluding hydrogens is 467 g/mol. The molecule has 6 nitrogen and oxygen atoms in total. The lowest BCUT2D eigenvalue weighted by Gasteiger charge is -2.18. The minimum absolute atomic E-state index is 0.298. The summed E-state index contributed by atoms with van der Waals surface area (Å²) < 4.78 is 41.2. The summed E-state index contributed by atoms with van der Waals surface area (Å²) in [5.74, 6) is 0.563. The summed E-state index contributed by atoms with van der Waals surface area (Å²) in [6.07, 6.45) is -1.20. The van der Waals surface area contributed by atoms with E-state index in [1.807, 2.05) is 19.2 Å². The normalized spacial score (nSPS) is 16.8. The van der Waals surface area contributed by atoms with Crippen LogP contribution in [0.1, 0.15) is 48.4 Å². The summed E-state index contributed by atoms with van der Waals surface area (Å²) in [7, 11) is 1.82. The SMILES string of the molecule is Cn1nc(N)c2c(-c3ccc(NC(=O)C4(c5cccc(C(F)(F)F)c5)CC4)cc3)cc(C3CC3)nc21. The van der Waals surface area contributed by atoms with E-state index in [9.17, 15) is 18.0 Å². The minimum Gasteiger partial charge on any atom is -0.382 e. The van der Waals surface area contributed by atoms with Gasteiger partial charge in [0.25, 0.3) is 0 Å². The predicted molar refractivity (Wildman–Crippen MR) is 131 cm³/mol. The molecule has 0 aliphatic heterocycles. The quantitative estimate of drug-likeness (QED) is 0.370. The first-order valence-electron chi connectivity index (χ1n) is 11.9. The lowest BCUT2D eigenvalue weighted by atomic mass is 9.93. The van der Waals surface area contributed by atoms with Crippen LogP contribution >= 0.6 is 0 Å². The second-order valence-electron chi connectivity index (χ2n) is 9.77. The van der Waals surface area contributed by atoms with Crippen LogP contribution in [0.25, 0.3) is 22.2 Å². The number of halogens is 3. The van der Waals surface area contributed by atoms with Gasteiger partial charge in [0.2, 0.25) is 5.91 Å². The van der Waals surface area contributed by atoms with Gasteiger partial charge in [-0.3, -0.25) is 4.79 Å². The summed E-state index contributed by atoms with van der Waals surface area (Å²) in [5, 5.41) is 8.03. The van der Waals surface area contributed by atoms with Gasteiger partial charge in [-0.15, -0.1) is 0 Å². The maximum atomic E-state index is 13.2. The number of pyridine rings is 1. The Morgan fingerprint density at radius 1 is 1.11 bits per heavy atom. The van der Waals surface area contributed by atoms with Crippen LogP contribution in [0, 0.1) is 0 Å². The van der Waals surface area contributed by atoms with Crippen LogP contribution in [0.2, 0.25) is 0 Å². The average molecular weight is 492 g/mol. The summed E-state index contributed by atoms with van der Waals surface area (Å²) in [5.41, 5.74) is 9.11. The number of amides is 1. The van der Waals surface area contributed by atoms with Gasteiger partial charge in [-0.05, 0) is 66.6 Å². The van der Waals surface area contributed by atoms with Crippen LogP contribution in [0.5, 0.6) is 0 Å². The van der Waals surface area contributed by atoms with Gasteiger partial charge in [0.15, 0.2) is 11.5 Å². The van der Waals surface area contributed by atoms with E-state index < -0.39 is 17.2 Å². The van der Waals surface area contributed by atoms with Crippen molar-refractivity contribution in [1.29, 1.82) is 0 Å². The summed E-state index contributed by atoms with van der Waals surface area (Å²) in [6, 6.07) is 14.5. The Kier molecular flexibility index (Phi) is 4.90. The fraction of sp³-hybridized carbons (Fsp3) is 0.296. The topological polar surface area (TPSA) is 85.8 Å². The number of nitrogen functional groups attached to an aromatic ring is 1. The van der Waals surface area contributed by atoms with E-state index in [2.05, 4.69) is 16.5 Å². The number of hydrogen-bond acceptors (Lipinski definition) is 4. The Hall–Kier alpha value is -3.88. The number of benzene rings is 2. The van der Waals surface area contributed by atoms with Gasteiger partial charge in [-0.2, -0.15) is 18.3 Å². The van der Waals surface area contributed by atoms with E-state index >= 15 is 0 Å². The highest BCUT2D eigenvalue weighted by atomic mass is 19.4. The highest BCUT2D eigenvalue weighted by Gasteiger charge is 2.51. The molecule has 4 aromatic rings. The lowest BCUT2D eigenvalue weighted by Crippen LogP contribution is -2.28. The number of nitrogens with zero attached hydrogens (tertiary/aromatic N) is 3. The molecule has 1 amide bonds. The number of rotatable bonds is 5. The van der Waals surface area contributed by atoms with E-state index in [4.69, 9.17) is 10.7 Å². The van der Waals surface area contributed by atoms with Gasteiger partial charge < -0.3 is 11.1 Å². The second kappa shape index (κ2) is 7.81. The number of carbonyl (C=O) groups is 1. The smallest absolute Gasteiger partial charge is 0.382 e. The number of nitrogens with one attached hydrogen (secondary N) is 1. The number of aryl methyl sites for hydroxylation is 1. The highest BCUT2D eigenvalue weighted by Crippen LogP contribution is 2.50. The van der Waals surface area contributed by atoms with E-state index in [0.717, 1.165) is 52.8 Å². The highest BCUT2D eigenvalue weighted by molar-refractivity contribution is 6.03. The number of nitrogens with two attached hydrogens (primary N) is 1. The van der Waals surface area contributed by atoms with Gasteiger partial charge in [-0.25, -0.2) is 9.67 Å². The van der Waals surface area contributed by atoms with Crippen molar-refractivity contribution in [1.82, 2.24) is 14.8 Å². The molecule has 36 heavy (non-hydrogen) atoms. The van der Waals surface area contributed by atoms with Crippen LogP contribution < -0.4 is 11.1 Å². The molecule has 0 spiro atoms. The van der Waals surface area contributed by atoms with E-state index in [-0.39, 0.29) is 5.91 Å². The number of hydrogen-bond donors (Lipinski definition) is 2. The van der Waals surface area contributed by atoms with Crippen molar-refractivity contribution in [3.05, 3.63) is 71.4 Å². The molecule has 2 aromatic carbocycles. The monoisotopic (exact) mass is 491 g/mol. The van der Waals surface area contributed by atoms with E-state index in [0.29, 0.717) is 35.8 Å². The van der Waals surface area contributed by atoms with Crippen molar-refractivity contribution in [3.8, 4) is 11.1 Å². The Balaban J connectivity index is 1.28. The largest absolute Gasteiger partial charge is 0.416 e. The molecule has 2 aliphatic carbocycles. The molecule has 2 aliphatic rings.